The van der Waals surface area contributed by atoms with Gasteiger partial charge in [0.25, 0.3) is 5.56 Å². The van der Waals surface area contributed by atoms with Crippen molar-refractivity contribution in [1.82, 2.24) is 9.97 Å². The van der Waals surface area contributed by atoms with Crippen molar-refractivity contribution in [2.24, 2.45) is 10.4 Å². The molecule has 0 bridgehead atoms. The average Bonchev–Trinajstić information content (AvgIpc) is 2.57. The number of ether oxygens (including phenoxy) is 1. The number of rotatable bonds is 4. The van der Waals surface area contributed by atoms with Crippen LogP contribution in [0.15, 0.2) is 34.1 Å². The van der Waals surface area contributed by atoms with Crippen molar-refractivity contribution < 1.29 is 14.3 Å². The normalized spacial score (nSPS) is 15.7. The van der Waals surface area contributed by atoms with Gasteiger partial charge in [-0.1, -0.05) is 32.9 Å². The van der Waals surface area contributed by atoms with Crippen molar-refractivity contribution in [2.75, 3.05) is 17.7 Å². The molecule has 0 radical (unpaired) electrons. The van der Waals surface area contributed by atoms with Gasteiger partial charge in [-0.25, -0.2) is 9.79 Å². The minimum Gasteiger partial charge on any atom is -0.466 e. The SMILES string of the molecule is COC(=O)/C=C/C=C/C1=Nc2c(nc(NC(=O)C(C)(C)C)[nH]c2=O)NC1(C)C. The summed E-state index contributed by atoms with van der Waals surface area (Å²) in [4.78, 5) is 46.9. The number of carbonyl (C=O) groups is 2. The smallest absolute Gasteiger partial charge is 0.330 e. The van der Waals surface area contributed by atoms with Crippen LogP contribution in [0.25, 0.3) is 0 Å². The second-order valence-electron chi connectivity index (χ2n) is 7.80. The molecule has 0 saturated carbocycles. The fraction of sp³-hybridized carbons (Fsp3) is 0.421. The lowest BCUT2D eigenvalue weighted by atomic mass is 9.95. The Labute approximate surface area is 163 Å². The Morgan fingerprint density at radius 2 is 1.89 bits per heavy atom. The summed E-state index contributed by atoms with van der Waals surface area (Å²) in [5, 5.41) is 5.77. The molecule has 1 amide bonds. The van der Waals surface area contributed by atoms with Gasteiger partial charge < -0.3 is 10.1 Å². The Kier molecular flexibility index (Phi) is 5.86. The molecule has 150 valence electrons. The van der Waals surface area contributed by atoms with E-state index in [0.29, 0.717) is 5.71 Å². The first-order valence-electron chi connectivity index (χ1n) is 8.70. The molecular formula is C19H25N5O4. The maximum Gasteiger partial charge on any atom is 0.330 e. The lowest BCUT2D eigenvalue weighted by molar-refractivity contribution is -0.134. The fourth-order valence-corrected chi connectivity index (χ4v) is 2.23. The first-order valence-corrected chi connectivity index (χ1v) is 8.70. The van der Waals surface area contributed by atoms with E-state index in [-0.39, 0.29) is 23.4 Å². The van der Waals surface area contributed by atoms with E-state index in [0.717, 1.165) is 0 Å². The maximum absolute atomic E-state index is 12.4. The maximum atomic E-state index is 12.4. The molecule has 0 aromatic carbocycles. The molecule has 28 heavy (non-hydrogen) atoms. The minimum atomic E-state index is -0.630. The highest BCUT2D eigenvalue weighted by molar-refractivity contribution is 6.08. The number of aromatic amines is 1. The lowest BCUT2D eigenvalue weighted by Crippen LogP contribution is -2.42. The third-order valence-electron chi connectivity index (χ3n) is 3.91. The van der Waals surface area contributed by atoms with E-state index in [4.69, 9.17) is 0 Å². The Morgan fingerprint density at radius 3 is 2.50 bits per heavy atom. The Balaban J connectivity index is 2.35. The first kappa shape index (κ1) is 21.1. The van der Waals surface area contributed by atoms with Crippen LogP contribution < -0.4 is 16.2 Å². The molecule has 9 heteroatoms. The summed E-state index contributed by atoms with van der Waals surface area (Å²) in [6, 6.07) is 0. The number of anilines is 2. The Morgan fingerprint density at radius 1 is 1.21 bits per heavy atom. The molecule has 0 saturated heterocycles. The number of aromatic nitrogens is 2. The quantitative estimate of drug-likeness (QED) is 0.413. The van der Waals surface area contributed by atoms with E-state index in [9.17, 15) is 14.4 Å². The van der Waals surface area contributed by atoms with E-state index < -0.39 is 22.5 Å². The van der Waals surface area contributed by atoms with Crippen LogP contribution in [0.2, 0.25) is 0 Å². The number of fused-ring (bicyclic) bond motifs is 1. The number of methoxy groups -OCH3 is 1. The van der Waals surface area contributed by atoms with E-state index in [1.54, 1.807) is 32.9 Å². The van der Waals surface area contributed by atoms with Gasteiger partial charge in [-0.05, 0) is 19.9 Å². The van der Waals surface area contributed by atoms with Crippen LogP contribution in [-0.2, 0) is 14.3 Å². The lowest BCUT2D eigenvalue weighted by Gasteiger charge is -2.31. The van der Waals surface area contributed by atoms with Gasteiger partial charge in [0, 0.05) is 11.5 Å². The van der Waals surface area contributed by atoms with Crippen LogP contribution in [-0.4, -0.2) is 40.2 Å². The van der Waals surface area contributed by atoms with E-state index in [2.05, 4.69) is 30.3 Å². The molecule has 1 aromatic rings. The Hall–Kier alpha value is -3.23. The largest absolute Gasteiger partial charge is 0.466 e. The number of H-pyrrole nitrogens is 1. The number of esters is 1. The number of carbonyl (C=O) groups excluding carboxylic acids is 2. The number of amides is 1. The van der Waals surface area contributed by atoms with Gasteiger partial charge >= 0.3 is 5.97 Å². The number of allylic oxidation sites excluding steroid dienone is 2. The molecule has 9 nitrogen and oxygen atoms in total. The van der Waals surface area contributed by atoms with Crippen LogP contribution in [0.4, 0.5) is 17.5 Å². The molecule has 1 aromatic heterocycles. The monoisotopic (exact) mass is 387 g/mol. The number of nitrogens with one attached hydrogen (secondary N) is 3. The summed E-state index contributed by atoms with van der Waals surface area (Å²) < 4.78 is 4.52. The third kappa shape index (κ3) is 4.93. The topological polar surface area (TPSA) is 126 Å². The molecule has 3 N–H and O–H groups in total. The van der Waals surface area contributed by atoms with Crippen LogP contribution in [0, 0.1) is 5.41 Å². The number of hydrogen-bond donors (Lipinski definition) is 3. The number of nitrogens with zero attached hydrogens (tertiary/aromatic N) is 2. The van der Waals surface area contributed by atoms with Crippen molar-refractivity contribution >= 4 is 35.0 Å². The summed E-state index contributed by atoms with van der Waals surface area (Å²) in [6.07, 6.45) is 6.11. The summed E-state index contributed by atoms with van der Waals surface area (Å²) in [5.41, 5.74) is -1.05. The molecule has 2 rings (SSSR count). The van der Waals surface area contributed by atoms with Crippen LogP contribution >= 0.6 is 0 Å². The van der Waals surface area contributed by atoms with Crippen LogP contribution in [0.1, 0.15) is 34.6 Å². The standard InChI is InChI=1S/C19H25N5O4/c1-18(2,3)16(27)23-17-21-14-13(15(26)22-17)20-11(19(4,5)24-14)9-7-8-10-12(25)28-6/h7-10H,1-6H3,(H3,21,22,23,24,26,27)/b9-7+,10-8+. The van der Waals surface area contributed by atoms with Crippen molar-refractivity contribution in [2.45, 2.75) is 40.2 Å². The van der Waals surface area contributed by atoms with E-state index in [1.807, 2.05) is 13.8 Å². The predicted octanol–water partition coefficient (Wildman–Crippen LogP) is 2.32. The molecule has 1 aliphatic rings. The summed E-state index contributed by atoms with van der Waals surface area (Å²) >= 11 is 0. The molecule has 0 spiro atoms. The van der Waals surface area contributed by atoms with E-state index in [1.165, 1.54) is 19.3 Å². The van der Waals surface area contributed by atoms with Gasteiger partial charge in [0.1, 0.15) is 0 Å². The van der Waals surface area contributed by atoms with Gasteiger partial charge in [-0.15, -0.1) is 0 Å². The van der Waals surface area contributed by atoms with Gasteiger partial charge in [0.15, 0.2) is 11.5 Å². The highest BCUT2D eigenvalue weighted by atomic mass is 16.5. The Bertz CT molecular complexity index is 933. The van der Waals surface area contributed by atoms with Gasteiger partial charge in [-0.3, -0.25) is 19.9 Å². The molecule has 2 heterocycles. The minimum absolute atomic E-state index is 0.0576. The second kappa shape index (κ2) is 7.79. The van der Waals surface area contributed by atoms with Crippen molar-refractivity contribution in [3.63, 3.8) is 0 Å². The van der Waals surface area contributed by atoms with Crippen LogP contribution in [0.5, 0.6) is 0 Å². The highest BCUT2D eigenvalue weighted by Crippen LogP contribution is 2.30. The van der Waals surface area contributed by atoms with Gasteiger partial charge in [-0.2, -0.15) is 4.98 Å². The summed E-state index contributed by atoms with van der Waals surface area (Å²) in [6.45, 7) is 9.03. The highest BCUT2D eigenvalue weighted by Gasteiger charge is 2.31. The van der Waals surface area contributed by atoms with Gasteiger partial charge in [0.05, 0.1) is 18.4 Å². The zero-order valence-corrected chi connectivity index (χ0v) is 16.8. The van der Waals surface area contributed by atoms with Crippen molar-refractivity contribution in [3.8, 4) is 0 Å². The number of aliphatic imine (C=N–C) groups is 1. The zero-order valence-electron chi connectivity index (χ0n) is 16.8. The molecule has 0 atom stereocenters. The molecular weight excluding hydrogens is 362 g/mol. The molecule has 0 aliphatic carbocycles. The predicted molar refractivity (Wildman–Crippen MR) is 108 cm³/mol. The molecule has 1 aliphatic heterocycles. The average molecular weight is 387 g/mol. The van der Waals surface area contributed by atoms with Crippen molar-refractivity contribution in [3.05, 3.63) is 34.7 Å². The first-order chi connectivity index (χ1) is 12.9. The fourth-order valence-electron chi connectivity index (χ4n) is 2.23. The summed E-state index contributed by atoms with van der Waals surface area (Å²) in [5.74, 6) is -0.402. The number of hydrogen-bond acceptors (Lipinski definition) is 7. The zero-order chi connectivity index (χ0) is 21.1. The van der Waals surface area contributed by atoms with E-state index >= 15 is 0 Å². The van der Waals surface area contributed by atoms with Gasteiger partial charge in [0.2, 0.25) is 11.9 Å². The third-order valence-corrected chi connectivity index (χ3v) is 3.91. The molecule has 0 unspecified atom stereocenters. The van der Waals surface area contributed by atoms with Crippen molar-refractivity contribution in [1.29, 1.82) is 0 Å². The van der Waals surface area contributed by atoms with Crippen LogP contribution in [0.3, 0.4) is 0 Å². The second-order valence-corrected chi connectivity index (χ2v) is 7.80. The molecule has 0 fully saturated rings. The summed E-state index contributed by atoms with van der Waals surface area (Å²) in [7, 11) is 1.29.